The Morgan fingerprint density at radius 1 is 1.42 bits per heavy atom. The van der Waals surface area contributed by atoms with E-state index in [4.69, 9.17) is 9.47 Å². The van der Waals surface area contributed by atoms with Crippen molar-refractivity contribution in [1.82, 2.24) is 14.8 Å². The van der Waals surface area contributed by atoms with Gasteiger partial charge in [-0.1, -0.05) is 0 Å². The second-order valence-corrected chi connectivity index (χ2v) is 7.14. The van der Waals surface area contributed by atoms with Gasteiger partial charge in [-0.25, -0.2) is 0 Å². The lowest BCUT2D eigenvalue weighted by Gasteiger charge is -2.34. The highest BCUT2D eigenvalue weighted by atomic mass is 16.5. The molecule has 2 saturated heterocycles. The van der Waals surface area contributed by atoms with Crippen molar-refractivity contribution in [3.8, 4) is 0 Å². The smallest absolute Gasteiger partial charge is 0.228 e. The van der Waals surface area contributed by atoms with Gasteiger partial charge in [-0.15, -0.1) is 0 Å². The van der Waals surface area contributed by atoms with Gasteiger partial charge in [-0.3, -0.25) is 4.79 Å². The number of aromatic nitrogens is 1. The first-order valence-electron chi connectivity index (χ1n) is 8.84. The van der Waals surface area contributed by atoms with Crippen LogP contribution in [0.25, 0.3) is 0 Å². The van der Waals surface area contributed by atoms with Crippen LogP contribution in [0.15, 0.2) is 6.07 Å². The Morgan fingerprint density at radius 2 is 2.25 bits per heavy atom. The summed E-state index contributed by atoms with van der Waals surface area (Å²) in [6.07, 6.45) is 0.904. The van der Waals surface area contributed by atoms with Gasteiger partial charge in [0.15, 0.2) is 0 Å². The van der Waals surface area contributed by atoms with Gasteiger partial charge in [0.05, 0.1) is 25.2 Å². The van der Waals surface area contributed by atoms with Crippen LogP contribution < -0.4 is 0 Å². The van der Waals surface area contributed by atoms with Gasteiger partial charge in [0.1, 0.15) is 0 Å². The lowest BCUT2D eigenvalue weighted by atomic mass is 10.1. The van der Waals surface area contributed by atoms with Crippen LogP contribution in [0, 0.1) is 19.8 Å². The van der Waals surface area contributed by atoms with E-state index in [1.807, 2.05) is 11.8 Å². The van der Waals surface area contributed by atoms with Crippen molar-refractivity contribution in [1.29, 1.82) is 0 Å². The Balaban J connectivity index is 1.72. The first-order valence-corrected chi connectivity index (χ1v) is 8.84. The third-order valence-electron chi connectivity index (χ3n) is 4.97. The zero-order valence-corrected chi connectivity index (χ0v) is 15.0. The second-order valence-electron chi connectivity index (χ2n) is 7.14. The molecule has 1 amide bonds. The van der Waals surface area contributed by atoms with Crippen LogP contribution in [0.5, 0.6) is 0 Å². The van der Waals surface area contributed by atoms with Crippen molar-refractivity contribution in [2.24, 2.45) is 5.92 Å². The Kier molecular flexibility index (Phi) is 5.58. The summed E-state index contributed by atoms with van der Waals surface area (Å²) in [5.41, 5.74) is 3.45. The molecule has 0 bridgehead atoms. The SMILES string of the molecule is Cc1cc(CN(C[C@H]2CN(C)CCO2)C(=O)[C@H]2CCOC2)c(C)[nH]1. The summed E-state index contributed by atoms with van der Waals surface area (Å²) in [4.78, 5) is 20.6. The number of ether oxygens (including phenoxy) is 2. The minimum atomic E-state index is -0.00772. The number of hydrogen-bond acceptors (Lipinski definition) is 4. The molecule has 6 heteroatoms. The average molecular weight is 335 g/mol. The average Bonchev–Trinajstić information content (AvgIpc) is 3.16. The monoisotopic (exact) mass is 335 g/mol. The van der Waals surface area contributed by atoms with Gasteiger partial charge in [-0.2, -0.15) is 0 Å². The summed E-state index contributed by atoms with van der Waals surface area (Å²) in [6.45, 7) is 9.19. The highest BCUT2D eigenvalue weighted by Crippen LogP contribution is 2.20. The Labute approximate surface area is 144 Å². The lowest BCUT2D eigenvalue weighted by Crippen LogP contribution is -2.48. The molecular weight excluding hydrogens is 306 g/mol. The minimum absolute atomic E-state index is 0.00772. The first-order chi connectivity index (χ1) is 11.5. The lowest BCUT2D eigenvalue weighted by molar-refractivity contribution is -0.139. The molecule has 1 N–H and O–H groups in total. The quantitative estimate of drug-likeness (QED) is 0.882. The van der Waals surface area contributed by atoms with E-state index in [9.17, 15) is 4.79 Å². The van der Waals surface area contributed by atoms with E-state index >= 15 is 0 Å². The number of H-pyrrole nitrogens is 1. The van der Waals surface area contributed by atoms with Gasteiger partial charge in [-0.05, 0) is 38.9 Å². The summed E-state index contributed by atoms with van der Waals surface area (Å²) >= 11 is 0. The molecule has 6 nitrogen and oxygen atoms in total. The summed E-state index contributed by atoms with van der Waals surface area (Å²) in [5, 5.41) is 0. The van der Waals surface area contributed by atoms with Gasteiger partial charge in [0, 0.05) is 44.2 Å². The van der Waals surface area contributed by atoms with Gasteiger partial charge < -0.3 is 24.3 Å². The van der Waals surface area contributed by atoms with E-state index in [0.29, 0.717) is 26.3 Å². The molecule has 1 aromatic rings. The fourth-order valence-corrected chi connectivity index (χ4v) is 3.59. The van der Waals surface area contributed by atoms with E-state index in [1.165, 1.54) is 5.56 Å². The maximum absolute atomic E-state index is 13.0. The Bertz CT molecular complexity index is 566. The van der Waals surface area contributed by atoms with Crippen LogP contribution in [-0.2, 0) is 20.8 Å². The van der Waals surface area contributed by atoms with Crippen molar-refractivity contribution >= 4 is 5.91 Å². The highest BCUT2D eigenvalue weighted by Gasteiger charge is 2.31. The van der Waals surface area contributed by atoms with Crippen molar-refractivity contribution in [3.63, 3.8) is 0 Å². The van der Waals surface area contributed by atoms with Crippen molar-refractivity contribution in [3.05, 3.63) is 23.0 Å². The Hall–Kier alpha value is -1.37. The predicted molar refractivity (Wildman–Crippen MR) is 91.8 cm³/mol. The fourth-order valence-electron chi connectivity index (χ4n) is 3.59. The van der Waals surface area contributed by atoms with Crippen molar-refractivity contribution in [2.45, 2.75) is 32.9 Å². The molecule has 0 saturated carbocycles. The third kappa shape index (κ3) is 4.18. The molecule has 2 fully saturated rings. The number of nitrogens with zero attached hydrogens (tertiary/aromatic N) is 2. The molecule has 0 spiro atoms. The normalized spacial score (nSPS) is 25.1. The number of likely N-dealkylation sites (N-methyl/N-ethyl adjacent to an activating group) is 1. The molecule has 0 aliphatic carbocycles. The molecule has 1 aromatic heterocycles. The maximum Gasteiger partial charge on any atom is 0.228 e. The van der Waals surface area contributed by atoms with Gasteiger partial charge >= 0.3 is 0 Å². The van der Waals surface area contributed by atoms with E-state index < -0.39 is 0 Å². The molecule has 2 aliphatic rings. The van der Waals surface area contributed by atoms with E-state index in [2.05, 4.69) is 29.9 Å². The molecular formula is C18H29N3O3. The number of amides is 1. The summed E-state index contributed by atoms with van der Waals surface area (Å²) < 4.78 is 11.3. The molecule has 24 heavy (non-hydrogen) atoms. The second kappa shape index (κ2) is 7.68. The number of aryl methyl sites for hydroxylation is 2. The molecule has 0 aromatic carbocycles. The van der Waals surface area contributed by atoms with Gasteiger partial charge in [0.2, 0.25) is 5.91 Å². The van der Waals surface area contributed by atoms with Crippen LogP contribution in [0.2, 0.25) is 0 Å². The molecule has 0 radical (unpaired) electrons. The molecule has 134 valence electrons. The largest absolute Gasteiger partial charge is 0.381 e. The summed E-state index contributed by atoms with van der Waals surface area (Å²) in [7, 11) is 2.10. The van der Waals surface area contributed by atoms with Crippen LogP contribution in [-0.4, -0.2) is 73.3 Å². The number of carbonyl (C=O) groups excluding carboxylic acids is 1. The zero-order chi connectivity index (χ0) is 17.1. The van der Waals surface area contributed by atoms with Crippen molar-refractivity contribution < 1.29 is 14.3 Å². The molecule has 3 rings (SSSR count). The minimum Gasteiger partial charge on any atom is -0.381 e. The highest BCUT2D eigenvalue weighted by molar-refractivity contribution is 5.79. The maximum atomic E-state index is 13.0. The summed E-state index contributed by atoms with van der Waals surface area (Å²) in [5.74, 6) is 0.189. The number of hydrogen-bond donors (Lipinski definition) is 1. The number of aromatic amines is 1. The fraction of sp³-hybridized carbons (Fsp3) is 0.722. The Morgan fingerprint density at radius 3 is 2.88 bits per heavy atom. The molecule has 0 unspecified atom stereocenters. The van der Waals surface area contributed by atoms with E-state index in [0.717, 1.165) is 37.5 Å². The molecule has 3 heterocycles. The van der Waals surface area contributed by atoms with Crippen LogP contribution in [0.3, 0.4) is 0 Å². The third-order valence-corrected chi connectivity index (χ3v) is 4.97. The predicted octanol–water partition coefficient (Wildman–Crippen LogP) is 1.33. The standard InChI is InChI=1S/C18H29N3O3/c1-13-8-16(14(2)19-13)9-21(18(22)15-4-6-23-12-15)11-17-10-20(3)5-7-24-17/h8,15,17,19H,4-7,9-12H2,1-3H3/t15-,17+/m0/s1. The number of rotatable bonds is 5. The van der Waals surface area contributed by atoms with Crippen LogP contribution in [0.1, 0.15) is 23.4 Å². The molecule has 2 atom stereocenters. The van der Waals surface area contributed by atoms with E-state index in [-0.39, 0.29) is 17.9 Å². The van der Waals surface area contributed by atoms with Crippen LogP contribution in [0.4, 0.5) is 0 Å². The van der Waals surface area contributed by atoms with Crippen molar-refractivity contribution in [2.75, 3.05) is 46.5 Å². The van der Waals surface area contributed by atoms with Crippen LogP contribution >= 0.6 is 0 Å². The summed E-state index contributed by atoms with van der Waals surface area (Å²) in [6, 6.07) is 2.13. The number of carbonyl (C=O) groups is 1. The van der Waals surface area contributed by atoms with Gasteiger partial charge in [0.25, 0.3) is 0 Å². The number of nitrogens with one attached hydrogen (secondary N) is 1. The van der Waals surface area contributed by atoms with E-state index in [1.54, 1.807) is 0 Å². The first kappa shape index (κ1) is 17.5. The molecule has 2 aliphatic heterocycles. The topological polar surface area (TPSA) is 57.8 Å². The number of morpholine rings is 1. The zero-order valence-electron chi connectivity index (χ0n) is 15.0.